The Balaban J connectivity index is 2.16. The lowest BCUT2D eigenvalue weighted by Crippen LogP contribution is -2.40. The van der Waals surface area contributed by atoms with Gasteiger partial charge in [0.15, 0.2) is 5.76 Å². The number of sulfonamides is 1. The first kappa shape index (κ1) is 20.9. The molecule has 1 heterocycles. The standard InChI is InChI=1S/C17H20ClN3O5S/c1-10(22)19-11-5-6-13(12(18)9-11)20-16(23)14-7-8-15(26-14)27(24,25)21-17(2,3)4/h5-9,21H,1-4H3,(H,19,22)(H,20,23). The molecule has 0 saturated heterocycles. The zero-order chi connectivity index (χ0) is 20.4. The monoisotopic (exact) mass is 413 g/mol. The van der Waals surface area contributed by atoms with E-state index in [-0.39, 0.29) is 27.5 Å². The molecule has 10 heteroatoms. The minimum absolute atomic E-state index is 0.189. The van der Waals surface area contributed by atoms with Gasteiger partial charge in [-0.25, -0.2) is 13.1 Å². The molecule has 0 bridgehead atoms. The van der Waals surface area contributed by atoms with Gasteiger partial charge in [0.05, 0.1) is 10.7 Å². The Bertz CT molecular complexity index is 977. The summed E-state index contributed by atoms with van der Waals surface area (Å²) in [5.74, 6) is -1.11. The van der Waals surface area contributed by atoms with Crippen molar-refractivity contribution in [2.24, 2.45) is 0 Å². The fourth-order valence-corrected chi connectivity index (χ4v) is 3.70. The number of anilines is 2. The third-order valence-electron chi connectivity index (χ3n) is 3.05. The lowest BCUT2D eigenvalue weighted by Gasteiger charge is -2.18. The number of hydrogen-bond donors (Lipinski definition) is 3. The normalized spacial score (nSPS) is 11.9. The molecule has 0 unspecified atom stereocenters. The third kappa shape index (κ3) is 5.81. The van der Waals surface area contributed by atoms with Crippen molar-refractivity contribution in [3.8, 4) is 0 Å². The second-order valence-electron chi connectivity index (χ2n) is 6.80. The Morgan fingerprint density at radius 1 is 1.07 bits per heavy atom. The fraction of sp³-hybridized carbons (Fsp3) is 0.294. The molecule has 0 radical (unpaired) electrons. The minimum Gasteiger partial charge on any atom is -0.438 e. The molecule has 0 atom stereocenters. The molecule has 0 aliphatic carbocycles. The van der Waals surface area contributed by atoms with Gasteiger partial charge in [0, 0.05) is 18.2 Å². The van der Waals surface area contributed by atoms with E-state index in [1.807, 2.05) is 0 Å². The number of halogens is 1. The Morgan fingerprint density at radius 2 is 1.74 bits per heavy atom. The molecule has 0 fully saturated rings. The molecule has 0 spiro atoms. The van der Waals surface area contributed by atoms with Gasteiger partial charge >= 0.3 is 0 Å². The largest absolute Gasteiger partial charge is 0.438 e. The van der Waals surface area contributed by atoms with Gasteiger partial charge in [-0.15, -0.1) is 0 Å². The van der Waals surface area contributed by atoms with Crippen molar-refractivity contribution >= 4 is 44.8 Å². The van der Waals surface area contributed by atoms with Crippen LogP contribution in [0.5, 0.6) is 0 Å². The van der Waals surface area contributed by atoms with Crippen molar-refractivity contribution in [1.29, 1.82) is 0 Å². The average Bonchev–Trinajstić information content (AvgIpc) is 2.98. The van der Waals surface area contributed by atoms with Crippen molar-refractivity contribution in [3.63, 3.8) is 0 Å². The molecule has 8 nitrogen and oxygen atoms in total. The minimum atomic E-state index is -3.89. The lowest BCUT2D eigenvalue weighted by atomic mass is 10.1. The first-order valence-corrected chi connectivity index (χ1v) is 9.76. The van der Waals surface area contributed by atoms with Gasteiger partial charge in [-0.3, -0.25) is 9.59 Å². The van der Waals surface area contributed by atoms with Crippen molar-refractivity contribution in [2.75, 3.05) is 10.6 Å². The highest BCUT2D eigenvalue weighted by atomic mass is 35.5. The van der Waals surface area contributed by atoms with Crippen molar-refractivity contribution in [3.05, 3.63) is 41.1 Å². The molecular weight excluding hydrogens is 394 g/mol. The van der Waals surface area contributed by atoms with Crippen LogP contribution in [0.15, 0.2) is 39.8 Å². The second kappa shape index (κ2) is 7.71. The van der Waals surface area contributed by atoms with Crippen LogP contribution in [0.2, 0.25) is 5.02 Å². The van der Waals surface area contributed by atoms with E-state index in [1.54, 1.807) is 26.8 Å². The maximum atomic E-state index is 12.3. The van der Waals surface area contributed by atoms with Crippen LogP contribution in [-0.2, 0) is 14.8 Å². The first-order chi connectivity index (χ1) is 12.4. The molecule has 3 N–H and O–H groups in total. The number of hydrogen-bond acceptors (Lipinski definition) is 5. The molecule has 1 aromatic heterocycles. The van der Waals surface area contributed by atoms with E-state index in [2.05, 4.69) is 15.4 Å². The molecule has 146 valence electrons. The van der Waals surface area contributed by atoms with Gasteiger partial charge in [0.25, 0.3) is 15.9 Å². The van der Waals surface area contributed by atoms with E-state index < -0.39 is 21.5 Å². The number of nitrogens with one attached hydrogen (secondary N) is 3. The van der Waals surface area contributed by atoms with Gasteiger partial charge in [-0.1, -0.05) is 11.6 Å². The predicted octanol–water partition coefficient (Wildman–Crippen LogP) is 3.22. The van der Waals surface area contributed by atoms with Gasteiger partial charge in [0.2, 0.25) is 11.0 Å². The summed E-state index contributed by atoms with van der Waals surface area (Å²) in [5, 5.41) is 4.93. The van der Waals surface area contributed by atoms with Crippen molar-refractivity contribution in [1.82, 2.24) is 4.72 Å². The first-order valence-electron chi connectivity index (χ1n) is 7.90. The maximum absolute atomic E-state index is 12.3. The molecule has 0 saturated carbocycles. The highest BCUT2D eigenvalue weighted by Crippen LogP contribution is 2.26. The summed E-state index contributed by atoms with van der Waals surface area (Å²) in [6.45, 7) is 6.43. The van der Waals surface area contributed by atoms with Gasteiger partial charge < -0.3 is 15.1 Å². The summed E-state index contributed by atoms with van der Waals surface area (Å²) in [5.41, 5.74) is 0.0616. The van der Waals surface area contributed by atoms with Crippen LogP contribution >= 0.6 is 11.6 Å². The summed E-state index contributed by atoms with van der Waals surface area (Å²) in [4.78, 5) is 23.4. The van der Waals surface area contributed by atoms with Crippen molar-refractivity contribution in [2.45, 2.75) is 38.3 Å². The van der Waals surface area contributed by atoms with Crippen molar-refractivity contribution < 1.29 is 22.4 Å². The molecule has 1 aromatic carbocycles. The number of carbonyl (C=O) groups excluding carboxylic acids is 2. The summed E-state index contributed by atoms with van der Waals surface area (Å²) in [7, 11) is -3.89. The Hall–Kier alpha value is -2.36. The summed E-state index contributed by atoms with van der Waals surface area (Å²) < 4.78 is 32.1. The fourth-order valence-electron chi connectivity index (χ4n) is 2.12. The molecule has 2 aromatic rings. The van der Waals surface area contributed by atoms with E-state index in [1.165, 1.54) is 31.2 Å². The molecular formula is C17H20ClN3O5S. The van der Waals surface area contributed by atoms with Crippen LogP contribution in [-0.4, -0.2) is 25.8 Å². The third-order valence-corrected chi connectivity index (χ3v) is 4.99. The van der Waals surface area contributed by atoms with Crippen LogP contribution < -0.4 is 15.4 Å². The number of rotatable bonds is 5. The summed E-state index contributed by atoms with van der Waals surface area (Å²) in [6.07, 6.45) is 0. The average molecular weight is 414 g/mol. The van der Waals surface area contributed by atoms with E-state index in [4.69, 9.17) is 16.0 Å². The molecule has 27 heavy (non-hydrogen) atoms. The summed E-state index contributed by atoms with van der Waals surface area (Å²) >= 11 is 6.09. The van der Waals surface area contributed by atoms with Gasteiger partial charge in [0.1, 0.15) is 0 Å². The second-order valence-corrected chi connectivity index (χ2v) is 8.82. The number of amides is 2. The lowest BCUT2D eigenvalue weighted by molar-refractivity contribution is -0.114. The SMILES string of the molecule is CC(=O)Nc1ccc(NC(=O)c2ccc(S(=O)(=O)NC(C)(C)C)o2)c(Cl)c1. The Morgan fingerprint density at radius 3 is 2.30 bits per heavy atom. The number of benzene rings is 1. The van der Waals surface area contributed by atoms with E-state index >= 15 is 0 Å². The van der Waals surface area contributed by atoms with E-state index in [0.29, 0.717) is 5.69 Å². The molecule has 2 amide bonds. The van der Waals surface area contributed by atoms with Crippen LogP contribution in [0.3, 0.4) is 0 Å². The Kier molecular flexibility index (Phi) is 5.98. The zero-order valence-corrected chi connectivity index (χ0v) is 16.8. The number of furan rings is 1. The summed E-state index contributed by atoms with van der Waals surface area (Å²) in [6, 6.07) is 7.00. The zero-order valence-electron chi connectivity index (χ0n) is 15.2. The van der Waals surface area contributed by atoms with Gasteiger partial charge in [-0.05, 0) is 51.1 Å². The molecule has 0 aliphatic rings. The van der Waals surface area contributed by atoms with Crippen LogP contribution in [0.1, 0.15) is 38.2 Å². The smallest absolute Gasteiger partial charge is 0.291 e. The van der Waals surface area contributed by atoms with Crippen LogP contribution in [0, 0.1) is 0 Å². The highest BCUT2D eigenvalue weighted by molar-refractivity contribution is 7.89. The van der Waals surface area contributed by atoms with E-state index in [9.17, 15) is 18.0 Å². The topological polar surface area (TPSA) is 118 Å². The highest BCUT2D eigenvalue weighted by Gasteiger charge is 2.26. The van der Waals surface area contributed by atoms with Crippen LogP contribution in [0.25, 0.3) is 0 Å². The maximum Gasteiger partial charge on any atom is 0.291 e. The molecule has 2 rings (SSSR count). The quantitative estimate of drug-likeness (QED) is 0.695. The number of carbonyl (C=O) groups is 2. The van der Waals surface area contributed by atoms with Crippen LogP contribution in [0.4, 0.5) is 11.4 Å². The van der Waals surface area contributed by atoms with Gasteiger partial charge in [-0.2, -0.15) is 0 Å². The molecule has 0 aliphatic heterocycles. The Labute approximate surface area is 162 Å². The predicted molar refractivity (Wildman–Crippen MR) is 102 cm³/mol. The van der Waals surface area contributed by atoms with E-state index in [0.717, 1.165) is 0 Å².